The van der Waals surface area contributed by atoms with Crippen LogP contribution in [-0.2, 0) is 14.3 Å². The Balaban J connectivity index is 2.43. The Hall–Kier alpha value is -1.10. The molecule has 0 aromatic carbocycles. The number of alkyl carbamates (subject to hydrolysis) is 1. The minimum atomic E-state index is -0.841. The summed E-state index contributed by atoms with van der Waals surface area (Å²) in [7, 11) is 1.28. The molecule has 0 aliphatic carbocycles. The minimum Gasteiger partial charge on any atom is -0.453 e. The number of hydrogen-bond acceptors (Lipinski definition) is 4. The van der Waals surface area contributed by atoms with Crippen LogP contribution in [0.4, 0.5) is 4.79 Å². The molecule has 1 atom stereocenters. The normalized spacial score (nSPS) is 26.6. The average Bonchev–Trinajstić information content (AvgIpc) is 2.27. The van der Waals surface area contributed by atoms with Gasteiger partial charge in [-0.25, -0.2) is 4.79 Å². The first-order valence-electron chi connectivity index (χ1n) is 4.64. The Morgan fingerprint density at radius 1 is 1.64 bits per heavy atom. The van der Waals surface area contributed by atoms with Gasteiger partial charge in [0.25, 0.3) is 0 Å². The molecule has 1 aliphatic rings. The predicted molar refractivity (Wildman–Crippen MR) is 49.0 cm³/mol. The smallest absolute Gasteiger partial charge is 0.406 e. The first-order valence-corrected chi connectivity index (χ1v) is 4.64. The molecule has 0 radical (unpaired) electrons. The maximum absolute atomic E-state index is 10.9. The third-order valence-corrected chi connectivity index (χ3v) is 2.32. The summed E-state index contributed by atoms with van der Waals surface area (Å²) < 4.78 is 9.78. The van der Waals surface area contributed by atoms with E-state index >= 15 is 0 Å². The molecule has 1 N–H and O–H groups in total. The number of hydrogen-bond donors (Lipinski definition) is 1. The molecule has 14 heavy (non-hydrogen) atoms. The molecule has 5 heteroatoms. The van der Waals surface area contributed by atoms with Crippen LogP contribution in [0.25, 0.3) is 0 Å². The molecule has 1 unspecified atom stereocenters. The van der Waals surface area contributed by atoms with Gasteiger partial charge in [-0.15, -0.1) is 0 Å². The van der Waals surface area contributed by atoms with Crippen LogP contribution in [0.15, 0.2) is 0 Å². The van der Waals surface area contributed by atoms with Gasteiger partial charge in [0.1, 0.15) is 5.60 Å². The number of carbonyl (C=O) groups is 2. The fraction of sp³-hybridized carbons (Fsp3) is 0.778. The summed E-state index contributed by atoms with van der Waals surface area (Å²) in [5.74, 6) is 0. The first kappa shape index (κ1) is 11.0. The number of amides is 1. The van der Waals surface area contributed by atoms with Gasteiger partial charge in [0.15, 0.2) is 6.29 Å². The van der Waals surface area contributed by atoms with Gasteiger partial charge in [-0.2, -0.15) is 0 Å². The Labute approximate surface area is 82.8 Å². The Morgan fingerprint density at radius 3 is 2.93 bits per heavy atom. The number of carbonyl (C=O) groups excluding carboxylic acids is 2. The van der Waals surface area contributed by atoms with Crippen LogP contribution in [0.3, 0.4) is 0 Å². The molecular formula is C9H15NO4. The topological polar surface area (TPSA) is 64.6 Å². The largest absolute Gasteiger partial charge is 0.453 e. The Morgan fingerprint density at radius 2 is 2.43 bits per heavy atom. The van der Waals surface area contributed by atoms with Crippen molar-refractivity contribution in [2.45, 2.75) is 24.9 Å². The summed E-state index contributed by atoms with van der Waals surface area (Å²) in [5, 5.41) is 2.48. The molecule has 0 bridgehead atoms. The molecule has 1 fully saturated rings. The number of ether oxygens (including phenoxy) is 2. The molecule has 1 heterocycles. The zero-order valence-electron chi connectivity index (χ0n) is 8.25. The maximum atomic E-state index is 10.9. The summed E-state index contributed by atoms with van der Waals surface area (Å²) in [4.78, 5) is 21.7. The molecular weight excluding hydrogens is 186 g/mol. The SMILES string of the molecule is COC(=O)NCC1(C=O)CCCCO1. The predicted octanol–water partition coefficient (Wildman–Crippen LogP) is 0.481. The highest BCUT2D eigenvalue weighted by Crippen LogP contribution is 2.22. The lowest BCUT2D eigenvalue weighted by Crippen LogP contribution is -2.48. The molecule has 1 saturated heterocycles. The molecule has 80 valence electrons. The molecule has 0 aromatic heterocycles. The molecule has 0 saturated carbocycles. The Bertz CT molecular complexity index is 211. The first-order chi connectivity index (χ1) is 6.72. The van der Waals surface area contributed by atoms with Gasteiger partial charge >= 0.3 is 6.09 Å². The summed E-state index contributed by atoms with van der Waals surface area (Å²) in [6, 6.07) is 0. The van der Waals surface area contributed by atoms with Crippen LogP contribution < -0.4 is 5.32 Å². The summed E-state index contributed by atoms with van der Waals surface area (Å²) in [5.41, 5.74) is -0.841. The molecule has 1 aliphatic heterocycles. The lowest BCUT2D eigenvalue weighted by Gasteiger charge is -2.32. The second kappa shape index (κ2) is 4.95. The van der Waals surface area contributed by atoms with Crippen LogP contribution in [-0.4, -0.2) is 38.2 Å². The summed E-state index contributed by atoms with van der Waals surface area (Å²) in [6.45, 7) is 0.755. The highest BCUT2D eigenvalue weighted by molar-refractivity contribution is 5.69. The van der Waals surface area contributed by atoms with Crippen LogP contribution in [0.2, 0.25) is 0 Å². The van der Waals surface area contributed by atoms with Crippen molar-refractivity contribution >= 4 is 12.4 Å². The molecule has 1 amide bonds. The second-order valence-corrected chi connectivity index (χ2v) is 3.33. The molecule has 1 rings (SSSR count). The number of methoxy groups -OCH3 is 1. The minimum absolute atomic E-state index is 0.184. The van der Waals surface area contributed by atoms with Crippen LogP contribution >= 0.6 is 0 Å². The highest BCUT2D eigenvalue weighted by Gasteiger charge is 2.33. The monoisotopic (exact) mass is 201 g/mol. The lowest BCUT2D eigenvalue weighted by molar-refractivity contribution is -0.136. The molecule has 0 aromatic rings. The summed E-state index contributed by atoms with van der Waals surface area (Å²) in [6.07, 6.45) is 2.79. The van der Waals surface area contributed by atoms with E-state index in [2.05, 4.69) is 10.1 Å². The van der Waals surface area contributed by atoms with Crippen molar-refractivity contribution in [3.63, 3.8) is 0 Å². The van der Waals surface area contributed by atoms with E-state index in [0.717, 1.165) is 19.1 Å². The van der Waals surface area contributed by atoms with Crippen molar-refractivity contribution < 1.29 is 19.1 Å². The van der Waals surface area contributed by atoms with Gasteiger partial charge in [-0.05, 0) is 19.3 Å². The molecule has 5 nitrogen and oxygen atoms in total. The number of aldehydes is 1. The van der Waals surface area contributed by atoms with Gasteiger partial charge in [0, 0.05) is 6.61 Å². The number of rotatable bonds is 3. The zero-order valence-corrected chi connectivity index (χ0v) is 8.25. The molecule has 0 spiro atoms. The standard InChI is InChI=1S/C9H15NO4/c1-13-8(12)10-6-9(7-11)4-2-3-5-14-9/h7H,2-6H2,1H3,(H,10,12). The van der Waals surface area contributed by atoms with E-state index in [4.69, 9.17) is 4.74 Å². The van der Waals surface area contributed by atoms with Crippen LogP contribution in [0.5, 0.6) is 0 Å². The van der Waals surface area contributed by atoms with Crippen molar-refractivity contribution in [1.82, 2.24) is 5.32 Å². The third-order valence-electron chi connectivity index (χ3n) is 2.32. The van der Waals surface area contributed by atoms with Crippen molar-refractivity contribution in [3.8, 4) is 0 Å². The Kier molecular flexibility index (Phi) is 3.88. The fourth-order valence-corrected chi connectivity index (χ4v) is 1.44. The van der Waals surface area contributed by atoms with Gasteiger partial charge in [-0.3, -0.25) is 0 Å². The van der Waals surface area contributed by atoms with E-state index in [1.54, 1.807) is 0 Å². The third kappa shape index (κ3) is 2.70. The van der Waals surface area contributed by atoms with E-state index in [0.29, 0.717) is 13.0 Å². The lowest BCUT2D eigenvalue weighted by atomic mass is 9.95. The highest BCUT2D eigenvalue weighted by atomic mass is 16.5. The summed E-state index contributed by atoms with van der Waals surface area (Å²) >= 11 is 0. The zero-order chi connectivity index (χ0) is 10.4. The maximum Gasteiger partial charge on any atom is 0.406 e. The van der Waals surface area contributed by atoms with Gasteiger partial charge in [0.2, 0.25) is 0 Å². The van der Waals surface area contributed by atoms with Gasteiger partial charge in [-0.1, -0.05) is 0 Å². The second-order valence-electron chi connectivity index (χ2n) is 3.33. The van der Waals surface area contributed by atoms with E-state index in [9.17, 15) is 9.59 Å². The van der Waals surface area contributed by atoms with Crippen molar-refractivity contribution in [2.24, 2.45) is 0 Å². The van der Waals surface area contributed by atoms with Crippen molar-refractivity contribution in [3.05, 3.63) is 0 Å². The quantitative estimate of drug-likeness (QED) is 0.674. The fourth-order valence-electron chi connectivity index (χ4n) is 1.44. The number of nitrogens with one attached hydrogen (secondary N) is 1. The van der Waals surface area contributed by atoms with Crippen LogP contribution in [0.1, 0.15) is 19.3 Å². The van der Waals surface area contributed by atoms with E-state index in [-0.39, 0.29) is 6.54 Å². The van der Waals surface area contributed by atoms with Gasteiger partial charge in [0.05, 0.1) is 13.7 Å². The van der Waals surface area contributed by atoms with E-state index in [1.807, 2.05) is 0 Å². The van der Waals surface area contributed by atoms with Crippen molar-refractivity contribution in [2.75, 3.05) is 20.3 Å². The van der Waals surface area contributed by atoms with E-state index < -0.39 is 11.7 Å². The van der Waals surface area contributed by atoms with Crippen LogP contribution in [0, 0.1) is 0 Å². The average molecular weight is 201 g/mol. The van der Waals surface area contributed by atoms with E-state index in [1.165, 1.54) is 7.11 Å². The van der Waals surface area contributed by atoms with Crippen molar-refractivity contribution in [1.29, 1.82) is 0 Å². The van der Waals surface area contributed by atoms with Gasteiger partial charge < -0.3 is 19.6 Å².